The monoisotopic (exact) mass is 217 g/mol. The summed E-state index contributed by atoms with van der Waals surface area (Å²) < 4.78 is 2.25. The maximum Gasteiger partial charge on any atom is 0.204 e. The average molecular weight is 217 g/mol. The Bertz CT molecular complexity index is 471. The lowest BCUT2D eigenvalue weighted by Gasteiger charge is -2.13. The lowest BCUT2D eigenvalue weighted by molar-refractivity contribution is 0.622. The largest absolute Gasteiger partial charge is 0.356 e. The van der Waals surface area contributed by atoms with Gasteiger partial charge in [0.25, 0.3) is 0 Å². The van der Waals surface area contributed by atoms with Crippen molar-refractivity contribution in [3.8, 4) is 0 Å². The number of hydrogen-bond acceptors (Lipinski definition) is 2. The van der Waals surface area contributed by atoms with E-state index in [1.807, 2.05) is 6.07 Å². The van der Waals surface area contributed by atoms with Gasteiger partial charge in [-0.3, -0.25) is 0 Å². The number of imidazole rings is 1. The number of nitrogens with zero attached hydrogens (tertiary/aromatic N) is 2. The molecule has 0 aliphatic carbocycles. The van der Waals surface area contributed by atoms with Gasteiger partial charge in [0.15, 0.2) is 0 Å². The molecule has 0 saturated heterocycles. The number of fused-ring (bicyclic) bond motifs is 1. The van der Waals surface area contributed by atoms with Crippen LogP contribution >= 0.6 is 0 Å². The molecule has 1 aromatic heterocycles. The van der Waals surface area contributed by atoms with Crippen LogP contribution in [-0.2, 0) is 0 Å². The Morgan fingerprint density at radius 3 is 2.75 bits per heavy atom. The number of anilines is 1. The Morgan fingerprint density at radius 1 is 1.31 bits per heavy atom. The first kappa shape index (κ1) is 11.0. The maximum atomic E-state index is 4.62. The minimum atomic E-state index is 0.423. The molecule has 0 atom stereocenters. The Hall–Kier alpha value is -1.51. The molecule has 1 aromatic carbocycles. The van der Waals surface area contributed by atoms with Crippen molar-refractivity contribution in [2.75, 3.05) is 11.9 Å². The molecule has 2 aromatic rings. The molecule has 0 unspecified atom stereocenters. The van der Waals surface area contributed by atoms with E-state index in [-0.39, 0.29) is 0 Å². The minimum absolute atomic E-state index is 0.423. The van der Waals surface area contributed by atoms with Crippen molar-refractivity contribution in [2.24, 2.45) is 0 Å². The highest BCUT2D eigenvalue weighted by Gasteiger charge is 2.11. The molecular formula is C13H19N3. The van der Waals surface area contributed by atoms with Crippen LogP contribution in [0.1, 0.15) is 33.2 Å². The fourth-order valence-electron chi connectivity index (χ4n) is 1.93. The van der Waals surface area contributed by atoms with Crippen molar-refractivity contribution < 1.29 is 0 Å². The van der Waals surface area contributed by atoms with Crippen LogP contribution in [0.3, 0.4) is 0 Å². The topological polar surface area (TPSA) is 29.9 Å². The van der Waals surface area contributed by atoms with E-state index < -0.39 is 0 Å². The van der Waals surface area contributed by atoms with Gasteiger partial charge in [-0.05, 0) is 32.4 Å². The molecule has 1 N–H and O–H groups in total. The van der Waals surface area contributed by atoms with E-state index in [0.717, 1.165) is 24.4 Å². The molecular weight excluding hydrogens is 198 g/mol. The Morgan fingerprint density at radius 2 is 2.06 bits per heavy atom. The van der Waals surface area contributed by atoms with Crippen LogP contribution in [0.15, 0.2) is 24.3 Å². The molecule has 0 saturated carbocycles. The van der Waals surface area contributed by atoms with Gasteiger partial charge >= 0.3 is 0 Å². The normalized spacial score (nSPS) is 11.2. The van der Waals surface area contributed by atoms with E-state index in [1.165, 1.54) is 5.52 Å². The summed E-state index contributed by atoms with van der Waals surface area (Å²) in [5.74, 6) is 0.984. The van der Waals surface area contributed by atoms with Gasteiger partial charge in [0.05, 0.1) is 11.0 Å². The van der Waals surface area contributed by atoms with Crippen molar-refractivity contribution in [3.63, 3.8) is 0 Å². The second-order valence-corrected chi connectivity index (χ2v) is 4.31. The summed E-state index contributed by atoms with van der Waals surface area (Å²) in [6.45, 7) is 7.50. The number of hydrogen-bond donors (Lipinski definition) is 1. The zero-order valence-electron chi connectivity index (χ0n) is 10.2. The van der Waals surface area contributed by atoms with Crippen LogP contribution in [0.5, 0.6) is 0 Å². The summed E-state index contributed by atoms with van der Waals surface area (Å²) in [4.78, 5) is 4.62. The number of benzene rings is 1. The van der Waals surface area contributed by atoms with Crippen LogP contribution < -0.4 is 5.32 Å². The highest BCUT2D eigenvalue weighted by atomic mass is 15.2. The molecule has 1 heterocycles. The fraction of sp³-hybridized carbons (Fsp3) is 0.462. The third kappa shape index (κ3) is 1.90. The predicted molar refractivity (Wildman–Crippen MR) is 68.9 cm³/mol. The van der Waals surface area contributed by atoms with Crippen LogP contribution in [0.2, 0.25) is 0 Å². The average Bonchev–Trinajstić information content (AvgIpc) is 2.64. The highest BCUT2D eigenvalue weighted by Crippen LogP contribution is 2.23. The molecule has 86 valence electrons. The quantitative estimate of drug-likeness (QED) is 0.850. The molecule has 16 heavy (non-hydrogen) atoms. The number of para-hydroxylation sites is 2. The number of nitrogens with one attached hydrogen (secondary N) is 1. The number of aromatic nitrogens is 2. The van der Waals surface area contributed by atoms with E-state index in [2.05, 4.69) is 53.8 Å². The van der Waals surface area contributed by atoms with Crippen molar-refractivity contribution in [1.29, 1.82) is 0 Å². The second-order valence-electron chi connectivity index (χ2n) is 4.31. The van der Waals surface area contributed by atoms with Crippen molar-refractivity contribution >= 4 is 17.0 Å². The Labute approximate surface area is 96.5 Å². The van der Waals surface area contributed by atoms with Crippen LogP contribution in [0.4, 0.5) is 5.95 Å². The third-order valence-corrected chi connectivity index (χ3v) is 2.65. The summed E-state index contributed by atoms with van der Waals surface area (Å²) >= 11 is 0. The van der Waals surface area contributed by atoms with Gasteiger partial charge in [-0.15, -0.1) is 0 Å². The van der Waals surface area contributed by atoms with Gasteiger partial charge in [0, 0.05) is 12.6 Å². The zero-order chi connectivity index (χ0) is 11.5. The van der Waals surface area contributed by atoms with Gasteiger partial charge in [0.1, 0.15) is 0 Å². The lowest BCUT2D eigenvalue weighted by atomic mass is 10.3. The third-order valence-electron chi connectivity index (χ3n) is 2.65. The molecule has 0 radical (unpaired) electrons. The van der Waals surface area contributed by atoms with Crippen LogP contribution in [0, 0.1) is 0 Å². The molecule has 2 rings (SSSR count). The predicted octanol–water partition coefficient (Wildman–Crippen LogP) is 3.44. The van der Waals surface area contributed by atoms with E-state index in [0.29, 0.717) is 6.04 Å². The van der Waals surface area contributed by atoms with E-state index >= 15 is 0 Å². The van der Waals surface area contributed by atoms with Gasteiger partial charge in [0.2, 0.25) is 5.95 Å². The maximum absolute atomic E-state index is 4.62. The van der Waals surface area contributed by atoms with Crippen LogP contribution in [-0.4, -0.2) is 16.1 Å². The molecule has 0 aliphatic rings. The summed E-state index contributed by atoms with van der Waals surface area (Å²) in [6.07, 6.45) is 1.11. The van der Waals surface area contributed by atoms with E-state index in [1.54, 1.807) is 0 Å². The molecule has 0 aliphatic heterocycles. The SMILES string of the molecule is CCCNc1nc2ccccc2n1C(C)C. The van der Waals surface area contributed by atoms with Gasteiger partial charge < -0.3 is 9.88 Å². The summed E-state index contributed by atoms with van der Waals surface area (Å²) in [7, 11) is 0. The molecule has 0 amide bonds. The number of rotatable bonds is 4. The molecule has 0 fully saturated rings. The van der Waals surface area contributed by atoms with Gasteiger partial charge in [-0.1, -0.05) is 19.1 Å². The molecule has 0 bridgehead atoms. The molecule has 3 nitrogen and oxygen atoms in total. The van der Waals surface area contributed by atoms with Crippen molar-refractivity contribution in [2.45, 2.75) is 33.2 Å². The zero-order valence-corrected chi connectivity index (χ0v) is 10.2. The molecule has 0 spiro atoms. The first-order valence-electron chi connectivity index (χ1n) is 5.95. The smallest absolute Gasteiger partial charge is 0.204 e. The standard InChI is InChI=1S/C13H19N3/c1-4-9-14-13-15-11-7-5-6-8-12(11)16(13)10(2)3/h5-8,10H,4,9H2,1-3H3,(H,14,15). The van der Waals surface area contributed by atoms with Crippen molar-refractivity contribution in [3.05, 3.63) is 24.3 Å². The first-order chi connectivity index (χ1) is 7.74. The van der Waals surface area contributed by atoms with Gasteiger partial charge in [-0.25, -0.2) is 4.98 Å². The first-order valence-corrected chi connectivity index (χ1v) is 5.95. The lowest BCUT2D eigenvalue weighted by Crippen LogP contribution is -2.09. The highest BCUT2D eigenvalue weighted by molar-refractivity contribution is 5.78. The second kappa shape index (κ2) is 4.56. The summed E-state index contributed by atoms with van der Waals surface area (Å²) in [5, 5.41) is 3.39. The molecule has 3 heteroatoms. The van der Waals surface area contributed by atoms with Crippen LogP contribution in [0.25, 0.3) is 11.0 Å². The van der Waals surface area contributed by atoms with Crippen molar-refractivity contribution in [1.82, 2.24) is 9.55 Å². The van der Waals surface area contributed by atoms with Gasteiger partial charge in [-0.2, -0.15) is 0 Å². The minimum Gasteiger partial charge on any atom is -0.356 e. The van der Waals surface area contributed by atoms with E-state index in [4.69, 9.17) is 0 Å². The van der Waals surface area contributed by atoms with E-state index in [9.17, 15) is 0 Å². The fourth-order valence-corrected chi connectivity index (χ4v) is 1.93. The Kier molecular flexibility index (Phi) is 3.13. The summed E-state index contributed by atoms with van der Waals surface area (Å²) in [6, 6.07) is 8.70. The summed E-state index contributed by atoms with van der Waals surface area (Å²) in [5.41, 5.74) is 2.27. The Balaban J connectivity index is 2.50.